The van der Waals surface area contributed by atoms with Crippen molar-refractivity contribution in [1.29, 1.82) is 0 Å². The Morgan fingerprint density at radius 2 is 1.83 bits per heavy atom. The van der Waals surface area contributed by atoms with Crippen LogP contribution >= 0.6 is 0 Å². The van der Waals surface area contributed by atoms with Crippen molar-refractivity contribution < 1.29 is 14.1 Å². The van der Waals surface area contributed by atoms with E-state index in [-0.39, 0.29) is 11.7 Å². The summed E-state index contributed by atoms with van der Waals surface area (Å²) in [6.45, 7) is 6.61. The number of hydrogen-bond acceptors (Lipinski definition) is 5. The van der Waals surface area contributed by atoms with Crippen molar-refractivity contribution in [2.45, 2.75) is 27.3 Å². The molecule has 152 valence electrons. The second-order valence-electron chi connectivity index (χ2n) is 7.29. The van der Waals surface area contributed by atoms with Gasteiger partial charge in [0.05, 0.1) is 6.54 Å². The van der Waals surface area contributed by atoms with Crippen LogP contribution in [0.15, 0.2) is 40.9 Å². The Morgan fingerprint density at radius 1 is 1.14 bits per heavy atom. The molecule has 0 fully saturated rings. The fourth-order valence-electron chi connectivity index (χ4n) is 3.46. The molecule has 7 nitrogen and oxygen atoms in total. The summed E-state index contributed by atoms with van der Waals surface area (Å²) in [7, 11) is 3.52. The second kappa shape index (κ2) is 8.45. The topological polar surface area (TPSA) is 80.4 Å². The Hall–Kier alpha value is -3.19. The highest BCUT2D eigenvalue weighted by Gasteiger charge is 2.19. The van der Waals surface area contributed by atoms with Crippen LogP contribution in [0.5, 0.6) is 0 Å². The van der Waals surface area contributed by atoms with Crippen LogP contribution in [-0.4, -0.2) is 47.0 Å². The van der Waals surface area contributed by atoms with Gasteiger partial charge in [0.15, 0.2) is 11.6 Å². The smallest absolute Gasteiger partial charge is 0.251 e. The van der Waals surface area contributed by atoms with E-state index in [1.54, 1.807) is 19.2 Å². The van der Waals surface area contributed by atoms with Gasteiger partial charge in [-0.05, 0) is 51.6 Å². The Balaban J connectivity index is 1.69. The van der Waals surface area contributed by atoms with Gasteiger partial charge in [0, 0.05) is 42.2 Å². The van der Waals surface area contributed by atoms with Crippen LogP contribution in [0.2, 0.25) is 0 Å². The van der Waals surface area contributed by atoms with Crippen molar-refractivity contribution in [1.82, 2.24) is 19.9 Å². The maximum Gasteiger partial charge on any atom is 0.251 e. The number of carbonyl (C=O) groups excluding carboxylic acids is 2. The van der Waals surface area contributed by atoms with Crippen LogP contribution < -0.4 is 5.32 Å². The van der Waals surface area contributed by atoms with Gasteiger partial charge in [0.2, 0.25) is 0 Å². The molecule has 2 heterocycles. The molecule has 2 aromatic heterocycles. The van der Waals surface area contributed by atoms with Crippen LogP contribution in [-0.2, 0) is 6.54 Å². The molecule has 0 aliphatic carbocycles. The molecule has 0 bridgehead atoms. The highest BCUT2D eigenvalue weighted by Crippen LogP contribution is 2.21. The number of aryl methyl sites for hydroxylation is 2. The monoisotopic (exact) mass is 394 g/mol. The van der Waals surface area contributed by atoms with Gasteiger partial charge in [-0.25, -0.2) is 0 Å². The first-order valence-corrected chi connectivity index (χ1v) is 9.45. The SMILES string of the molecule is CNC(=O)c1ccc(CN(C)CC(=O)c2cc(C)n(-c3cc(C)on3)c2C)cc1. The van der Waals surface area contributed by atoms with Gasteiger partial charge in [-0.15, -0.1) is 0 Å². The highest BCUT2D eigenvalue weighted by molar-refractivity contribution is 5.99. The average molecular weight is 394 g/mol. The molecule has 1 aromatic carbocycles. The first-order valence-electron chi connectivity index (χ1n) is 9.45. The number of rotatable bonds is 7. The van der Waals surface area contributed by atoms with E-state index in [4.69, 9.17) is 4.52 Å². The molecule has 0 spiro atoms. The minimum Gasteiger partial charge on any atom is -0.360 e. The maximum atomic E-state index is 12.9. The van der Waals surface area contributed by atoms with Crippen LogP contribution in [0, 0.1) is 20.8 Å². The molecule has 0 saturated heterocycles. The minimum atomic E-state index is -0.113. The minimum absolute atomic E-state index is 0.0500. The van der Waals surface area contributed by atoms with Gasteiger partial charge in [-0.1, -0.05) is 17.3 Å². The van der Waals surface area contributed by atoms with E-state index < -0.39 is 0 Å². The predicted molar refractivity (Wildman–Crippen MR) is 111 cm³/mol. The summed E-state index contributed by atoms with van der Waals surface area (Å²) < 4.78 is 7.10. The summed E-state index contributed by atoms with van der Waals surface area (Å²) in [4.78, 5) is 26.5. The highest BCUT2D eigenvalue weighted by atomic mass is 16.5. The largest absolute Gasteiger partial charge is 0.360 e. The zero-order valence-corrected chi connectivity index (χ0v) is 17.4. The van der Waals surface area contributed by atoms with E-state index in [9.17, 15) is 9.59 Å². The predicted octanol–water partition coefficient (Wildman–Crippen LogP) is 3.06. The molecule has 0 unspecified atom stereocenters. The van der Waals surface area contributed by atoms with Crippen molar-refractivity contribution in [3.63, 3.8) is 0 Å². The van der Waals surface area contributed by atoms with Gasteiger partial charge in [0.25, 0.3) is 5.91 Å². The summed E-state index contributed by atoms with van der Waals surface area (Å²) in [6.07, 6.45) is 0. The summed E-state index contributed by atoms with van der Waals surface area (Å²) in [5.41, 5.74) is 4.13. The van der Waals surface area contributed by atoms with E-state index in [2.05, 4.69) is 10.5 Å². The molecule has 0 radical (unpaired) electrons. The molecule has 0 aliphatic heterocycles. The molecule has 0 aliphatic rings. The number of hydrogen-bond donors (Lipinski definition) is 1. The number of aromatic nitrogens is 2. The molecule has 3 rings (SSSR count). The van der Waals surface area contributed by atoms with Gasteiger partial charge >= 0.3 is 0 Å². The van der Waals surface area contributed by atoms with E-state index in [0.29, 0.717) is 30.0 Å². The quantitative estimate of drug-likeness (QED) is 0.623. The van der Waals surface area contributed by atoms with Crippen molar-refractivity contribution in [3.8, 4) is 5.82 Å². The van der Waals surface area contributed by atoms with E-state index in [0.717, 1.165) is 22.7 Å². The molecular formula is C22H26N4O3. The normalized spacial score (nSPS) is 11.1. The Bertz CT molecular complexity index is 1030. The van der Waals surface area contributed by atoms with Crippen LogP contribution in [0.25, 0.3) is 5.82 Å². The molecule has 7 heteroatoms. The lowest BCUT2D eigenvalue weighted by Gasteiger charge is -2.16. The molecule has 1 N–H and O–H groups in total. The van der Waals surface area contributed by atoms with E-state index in [1.165, 1.54) is 0 Å². The van der Waals surface area contributed by atoms with Crippen molar-refractivity contribution in [3.05, 3.63) is 70.2 Å². The van der Waals surface area contributed by atoms with Crippen molar-refractivity contribution in [2.24, 2.45) is 0 Å². The molecule has 3 aromatic rings. The van der Waals surface area contributed by atoms with Crippen molar-refractivity contribution >= 4 is 11.7 Å². The Labute approximate surface area is 170 Å². The van der Waals surface area contributed by atoms with Gasteiger partial charge in [0.1, 0.15) is 5.76 Å². The van der Waals surface area contributed by atoms with E-state index >= 15 is 0 Å². The fourth-order valence-corrected chi connectivity index (χ4v) is 3.46. The third-order valence-electron chi connectivity index (χ3n) is 4.89. The maximum absolute atomic E-state index is 12.9. The van der Waals surface area contributed by atoms with Crippen LogP contribution in [0.4, 0.5) is 0 Å². The molecule has 1 amide bonds. The number of benzene rings is 1. The van der Waals surface area contributed by atoms with Crippen LogP contribution in [0.3, 0.4) is 0 Å². The number of likely N-dealkylation sites (N-methyl/N-ethyl adjacent to an activating group) is 1. The fraction of sp³-hybridized carbons (Fsp3) is 0.318. The summed E-state index contributed by atoms with van der Waals surface area (Å²) in [5.74, 6) is 1.34. The summed E-state index contributed by atoms with van der Waals surface area (Å²) in [5, 5.41) is 6.66. The Morgan fingerprint density at radius 3 is 2.41 bits per heavy atom. The first-order chi connectivity index (χ1) is 13.8. The summed E-state index contributed by atoms with van der Waals surface area (Å²) >= 11 is 0. The van der Waals surface area contributed by atoms with Gasteiger partial charge in [-0.3, -0.25) is 19.1 Å². The second-order valence-corrected chi connectivity index (χ2v) is 7.29. The number of ketones is 1. The summed E-state index contributed by atoms with van der Waals surface area (Å²) in [6, 6.07) is 11.1. The number of amides is 1. The lowest BCUT2D eigenvalue weighted by Crippen LogP contribution is -2.26. The first kappa shape index (κ1) is 20.5. The zero-order chi connectivity index (χ0) is 21.1. The molecule has 0 atom stereocenters. The number of carbonyl (C=O) groups is 2. The van der Waals surface area contributed by atoms with Crippen LogP contribution in [0.1, 0.15) is 43.4 Å². The lowest BCUT2D eigenvalue weighted by atomic mass is 10.1. The third kappa shape index (κ3) is 4.46. The number of nitrogens with one attached hydrogen (secondary N) is 1. The molecular weight excluding hydrogens is 368 g/mol. The Kier molecular flexibility index (Phi) is 5.98. The lowest BCUT2D eigenvalue weighted by molar-refractivity contribution is 0.0940. The zero-order valence-electron chi connectivity index (χ0n) is 17.4. The van der Waals surface area contributed by atoms with Crippen molar-refractivity contribution in [2.75, 3.05) is 20.6 Å². The standard InChI is InChI=1S/C22H26N4O3/c1-14-10-19(16(3)26(14)21-11-15(2)29-24-21)20(27)13-25(5)12-17-6-8-18(9-7-17)22(28)23-4/h6-11H,12-13H2,1-5H3,(H,23,28). The molecule has 29 heavy (non-hydrogen) atoms. The third-order valence-corrected chi connectivity index (χ3v) is 4.89. The average Bonchev–Trinajstić information content (AvgIpc) is 3.23. The number of Topliss-reactive ketones (excluding diaryl/α,β-unsaturated/α-hetero) is 1. The molecule has 0 saturated carbocycles. The van der Waals surface area contributed by atoms with E-state index in [1.807, 2.05) is 61.6 Å². The number of nitrogens with zero attached hydrogens (tertiary/aromatic N) is 3. The van der Waals surface area contributed by atoms with Gasteiger partial charge < -0.3 is 9.84 Å². The van der Waals surface area contributed by atoms with Gasteiger partial charge in [-0.2, -0.15) is 0 Å².